The van der Waals surface area contributed by atoms with Gasteiger partial charge in [0.2, 0.25) is 5.71 Å². The molecular formula is C42H26N4O. The maximum Gasteiger partial charge on any atom is 0.246 e. The first-order chi connectivity index (χ1) is 23.2. The summed E-state index contributed by atoms with van der Waals surface area (Å²) < 4.78 is 6.10. The van der Waals surface area contributed by atoms with Crippen LogP contribution in [0.3, 0.4) is 0 Å². The van der Waals surface area contributed by atoms with Crippen LogP contribution in [-0.2, 0) is 0 Å². The van der Waals surface area contributed by atoms with Crippen molar-refractivity contribution in [3.63, 3.8) is 0 Å². The van der Waals surface area contributed by atoms with Crippen LogP contribution in [0.15, 0.2) is 162 Å². The Bertz CT molecular complexity index is 2560. The Morgan fingerprint density at radius 2 is 0.915 bits per heavy atom. The smallest absolute Gasteiger partial charge is 0.246 e. The third-order valence-electron chi connectivity index (χ3n) is 8.52. The molecule has 0 fully saturated rings. The van der Waals surface area contributed by atoms with Crippen LogP contribution < -0.4 is 0 Å². The number of hydrogen-bond acceptors (Lipinski definition) is 5. The highest BCUT2D eigenvalue weighted by Crippen LogP contribution is 2.34. The van der Waals surface area contributed by atoms with Crippen LogP contribution in [0.4, 0.5) is 0 Å². The van der Waals surface area contributed by atoms with Crippen LogP contribution in [0.2, 0.25) is 0 Å². The van der Waals surface area contributed by atoms with E-state index in [2.05, 4.69) is 103 Å². The number of nitrogens with zero attached hydrogens (tertiary/aromatic N) is 4. The van der Waals surface area contributed by atoms with E-state index >= 15 is 0 Å². The van der Waals surface area contributed by atoms with Crippen LogP contribution in [0.5, 0.6) is 0 Å². The molecule has 9 rings (SSSR count). The van der Waals surface area contributed by atoms with Crippen molar-refractivity contribution in [1.29, 1.82) is 0 Å². The van der Waals surface area contributed by atoms with Gasteiger partial charge in [-0.3, -0.25) is 0 Å². The van der Waals surface area contributed by atoms with Gasteiger partial charge < -0.3 is 4.42 Å². The first-order valence-electron chi connectivity index (χ1n) is 15.6. The molecular weight excluding hydrogens is 576 g/mol. The fourth-order valence-corrected chi connectivity index (χ4v) is 6.10. The molecule has 5 nitrogen and oxygen atoms in total. The molecule has 0 radical (unpaired) electrons. The molecule has 0 atom stereocenters. The molecule has 0 spiro atoms. The largest absolute Gasteiger partial charge is 0.436 e. The highest BCUT2D eigenvalue weighted by molar-refractivity contribution is 6.05. The number of aromatic nitrogens is 4. The molecule has 5 heteroatoms. The van der Waals surface area contributed by atoms with E-state index < -0.39 is 0 Å². The summed E-state index contributed by atoms with van der Waals surface area (Å²) >= 11 is 0. The number of benzene rings is 6. The van der Waals surface area contributed by atoms with Crippen LogP contribution in [0.25, 0.3) is 89.4 Å². The Labute approximate surface area is 270 Å². The minimum Gasteiger partial charge on any atom is -0.436 e. The van der Waals surface area contributed by atoms with Crippen molar-refractivity contribution in [2.24, 2.45) is 0 Å². The molecule has 3 heterocycles. The van der Waals surface area contributed by atoms with Gasteiger partial charge in [-0.25, -0.2) is 19.9 Å². The van der Waals surface area contributed by atoms with Crippen LogP contribution in [0.1, 0.15) is 0 Å². The van der Waals surface area contributed by atoms with Crippen molar-refractivity contribution in [3.8, 4) is 56.2 Å². The molecule has 0 saturated carbocycles. The van der Waals surface area contributed by atoms with Crippen molar-refractivity contribution >= 4 is 33.2 Å². The number of fused-ring (bicyclic) bond motifs is 4. The number of rotatable bonds is 5. The third kappa shape index (κ3) is 5.00. The summed E-state index contributed by atoms with van der Waals surface area (Å²) in [5, 5.41) is 0.941. The lowest BCUT2D eigenvalue weighted by atomic mass is 9.99. The minimum atomic E-state index is 0.545. The van der Waals surface area contributed by atoms with Gasteiger partial charge in [0.15, 0.2) is 5.82 Å². The summed E-state index contributed by atoms with van der Waals surface area (Å²) in [7, 11) is 0. The van der Waals surface area contributed by atoms with E-state index in [4.69, 9.17) is 24.4 Å². The van der Waals surface area contributed by atoms with Crippen molar-refractivity contribution in [2.45, 2.75) is 0 Å². The van der Waals surface area contributed by atoms with E-state index in [1.165, 1.54) is 5.56 Å². The van der Waals surface area contributed by atoms with Crippen molar-refractivity contribution in [3.05, 3.63) is 158 Å². The predicted octanol–water partition coefficient (Wildman–Crippen LogP) is 10.7. The fourth-order valence-electron chi connectivity index (χ4n) is 6.10. The van der Waals surface area contributed by atoms with Crippen LogP contribution in [0, 0.1) is 0 Å². The van der Waals surface area contributed by atoms with E-state index in [1.807, 2.05) is 54.6 Å². The Morgan fingerprint density at radius 3 is 1.68 bits per heavy atom. The summed E-state index contributed by atoms with van der Waals surface area (Å²) in [5.41, 5.74) is 12.9. The van der Waals surface area contributed by atoms with Gasteiger partial charge in [-0.15, -0.1) is 0 Å². The van der Waals surface area contributed by atoms with E-state index in [0.29, 0.717) is 11.5 Å². The molecule has 220 valence electrons. The average molecular weight is 603 g/mol. The number of para-hydroxylation sites is 2. The molecule has 3 aromatic heterocycles. The van der Waals surface area contributed by atoms with Gasteiger partial charge >= 0.3 is 0 Å². The second kappa shape index (κ2) is 11.2. The molecule has 0 aliphatic carbocycles. The quantitative estimate of drug-likeness (QED) is 0.196. The molecule has 0 saturated heterocycles. The zero-order valence-electron chi connectivity index (χ0n) is 25.2. The van der Waals surface area contributed by atoms with Gasteiger partial charge in [0.25, 0.3) is 0 Å². The molecule has 0 bridgehead atoms. The minimum absolute atomic E-state index is 0.545. The molecule has 9 aromatic rings. The molecule has 0 aliphatic heterocycles. The lowest BCUT2D eigenvalue weighted by Gasteiger charge is -2.11. The highest BCUT2D eigenvalue weighted by Gasteiger charge is 2.15. The second-order valence-electron chi connectivity index (χ2n) is 11.5. The summed E-state index contributed by atoms with van der Waals surface area (Å²) in [6.07, 6.45) is 0. The Kier molecular flexibility index (Phi) is 6.39. The second-order valence-corrected chi connectivity index (χ2v) is 11.5. The van der Waals surface area contributed by atoms with Gasteiger partial charge in [0, 0.05) is 22.1 Å². The van der Waals surface area contributed by atoms with E-state index in [1.54, 1.807) is 0 Å². The van der Waals surface area contributed by atoms with Crippen molar-refractivity contribution < 1.29 is 4.42 Å². The third-order valence-corrected chi connectivity index (χ3v) is 8.52. The van der Waals surface area contributed by atoms with Crippen LogP contribution in [-0.4, -0.2) is 19.9 Å². The molecule has 6 aromatic carbocycles. The molecule has 0 aliphatic rings. The van der Waals surface area contributed by atoms with E-state index in [-0.39, 0.29) is 0 Å². The summed E-state index contributed by atoms with van der Waals surface area (Å²) in [5.74, 6) is 0.684. The van der Waals surface area contributed by atoms with Gasteiger partial charge in [-0.2, -0.15) is 0 Å². The zero-order chi connectivity index (χ0) is 31.2. The standard InChI is InChI=1S/C42H26N4O/c1-3-10-27(11-4-1)28-18-20-30(21-19-28)41-44-37(29-12-5-2-6-13-29)26-38(45-41)33-15-9-14-31(24-33)32-22-23-39-34(25-32)40-42(47-39)46-36-17-8-7-16-35(36)43-40/h1-26H. The summed E-state index contributed by atoms with van der Waals surface area (Å²) in [6, 6.07) is 53.8. The van der Waals surface area contributed by atoms with Gasteiger partial charge in [-0.05, 0) is 58.7 Å². The molecule has 0 unspecified atom stereocenters. The Hall–Kier alpha value is -6.46. The first-order valence-corrected chi connectivity index (χ1v) is 15.6. The van der Waals surface area contributed by atoms with Crippen molar-refractivity contribution in [1.82, 2.24) is 19.9 Å². The average Bonchev–Trinajstić information content (AvgIpc) is 3.51. The normalized spacial score (nSPS) is 11.4. The topological polar surface area (TPSA) is 64.7 Å². The lowest BCUT2D eigenvalue weighted by Crippen LogP contribution is -1.96. The maximum absolute atomic E-state index is 6.10. The van der Waals surface area contributed by atoms with Crippen LogP contribution >= 0.6 is 0 Å². The molecule has 0 amide bonds. The van der Waals surface area contributed by atoms with Gasteiger partial charge in [0.1, 0.15) is 11.1 Å². The van der Waals surface area contributed by atoms with E-state index in [0.717, 1.165) is 72.3 Å². The first kappa shape index (κ1) is 26.9. The SMILES string of the molecule is c1ccc(-c2ccc(-c3nc(-c4ccccc4)cc(-c4cccc(-c5ccc6oc7nc8ccccc8nc7c6c5)c4)n3)cc2)cc1. The van der Waals surface area contributed by atoms with Gasteiger partial charge in [0.05, 0.1) is 22.4 Å². The summed E-state index contributed by atoms with van der Waals surface area (Å²) in [6.45, 7) is 0. The zero-order valence-corrected chi connectivity index (χ0v) is 25.2. The monoisotopic (exact) mass is 602 g/mol. The maximum atomic E-state index is 6.10. The Morgan fingerprint density at radius 1 is 0.362 bits per heavy atom. The fraction of sp³-hybridized carbons (Fsp3) is 0. The Balaban J connectivity index is 1.14. The van der Waals surface area contributed by atoms with Crippen molar-refractivity contribution in [2.75, 3.05) is 0 Å². The predicted molar refractivity (Wildman–Crippen MR) is 190 cm³/mol. The lowest BCUT2D eigenvalue weighted by molar-refractivity contribution is 0.655. The molecule has 47 heavy (non-hydrogen) atoms. The molecule has 0 N–H and O–H groups in total. The van der Waals surface area contributed by atoms with E-state index in [9.17, 15) is 0 Å². The summed E-state index contributed by atoms with van der Waals surface area (Å²) in [4.78, 5) is 19.7. The highest BCUT2D eigenvalue weighted by atomic mass is 16.3. The van der Waals surface area contributed by atoms with Gasteiger partial charge in [-0.1, -0.05) is 121 Å². The number of furan rings is 1. The number of hydrogen-bond donors (Lipinski definition) is 0.